The van der Waals surface area contributed by atoms with E-state index in [-0.39, 0.29) is 5.78 Å². The van der Waals surface area contributed by atoms with Crippen molar-refractivity contribution in [2.24, 2.45) is 0 Å². The summed E-state index contributed by atoms with van der Waals surface area (Å²) < 4.78 is 0. The van der Waals surface area contributed by atoms with E-state index in [1.807, 2.05) is 0 Å². The first-order valence-corrected chi connectivity index (χ1v) is 9.79. The van der Waals surface area contributed by atoms with Gasteiger partial charge in [0.05, 0.1) is 0 Å². The molecule has 0 spiro atoms. The Morgan fingerprint density at radius 2 is 1.04 bits per heavy atom. The van der Waals surface area contributed by atoms with Crippen molar-refractivity contribution >= 4 is 5.78 Å². The van der Waals surface area contributed by atoms with Crippen molar-refractivity contribution in [1.29, 1.82) is 0 Å². The lowest BCUT2D eigenvalue weighted by molar-refractivity contribution is -0.118. The number of rotatable bonds is 17. The van der Waals surface area contributed by atoms with Crippen LogP contribution in [-0.2, 0) is 4.79 Å². The molecule has 0 unspecified atom stereocenters. The zero-order valence-corrected chi connectivity index (χ0v) is 15.2. The quantitative estimate of drug-likeness (QED) is 0.176. The number of Topliss-reactive ketones (excluding diaryl/α,β-unsaturated/α-hetero) is 1. The van der Waals surface area contributed by atoms with Crippen molar-refractivity contribution in [3.05, 3.63) is 12.0 Å². The van der Waals surface area contributed by atoms with E-state index in [1.54, 1.807) is 0 Å². The van der Waals surface area contributed by atoms with Gasteiger partial charge in [0.15, 0.2) is 11.5 Å². The molecule has 23 heavy (non-hydrogen) atoms. The number of unbranched alkanes of at least 4 members (excludes halogenated alkanes) is 14. The summed E-state index contributed by atoms with van der Waals surface area (Å²) in [5.74, 6) is -0.877. The molecule has 0 heterocycles. The minimum absolute atomic E-state index is 0.334. The molecule has 0 amide bonds. The molecule has 0 saturated heterocycles. The summed E-state index contributed by atoms with van der Waals surface area (Å²) in [5, 5.41) is 17.5. The van der Waals surface area contributed by atoms with Gasteiger partial charge < -0.3 is 10.2 Å². The maximum atomic E-state index is 11.2. The normalized spacial score (nSPS) is 11.8. The van der Waals surface area contributed by atoms with Gasteiger partial charge in [0.25, 0.3) is 0 Å². The highest BCUT2D eigenvalue weighted by Gasteiger charge is 2.06. The Balaban J connectivity index is 3.12. The van der Waals surface area contributed by atoms with Crippen LogP contribution in [-0.4, -0.2) is 16.0 Å². The van der Waals surface area contributed by atoms with Gasteiger partial charge in [0, 0.05) is 6.42 Å². The molecule has 0 aliphatic carbocycles. The predicted octanol–water partition coefficient (Wildman–Crippen LogP) is 6.77. The molecule has 0 aliphatic rings. The number of ketones is 1. The SMILES string of the molecule is CCCCCCCCCCCCCCCCCC(=O)/C(O)=C/O. The fourth-order valence-electron chi connectivity index (χ4n) is 2.86. The van der Waals surface area contributed by atoms with E-state index in [4.69, 9.17) is 10.2 Å². The number of allylic oxidation sites excluding steroid dienone is 1. The molecular formula is C20H38O3. The number of carbonyl (C=O) groups excluding carboxylic acids is 1. The van der Waals surface area contributed by atoms with Gasteiger partial charge >= 0.3 is 0 Å². The van der Waals surface area contributed by atoms with E-state index in [9.17, 15) is 4.79 Å². The van der Waals surface area contributed by atoms with E-state index >= 15 is 0 Å². The maximum absolute atomic E-state index is 11.2. The van der Waals surface area contributed by atoms with Crippen LogP contribution in [0.25, 0.3) is 0 Å². The summed E-state index contributed by atoms with van der Waals surface area (Å²) in [6, 6.07) is 0. The Kier molecular flexibility index (Phi) is 16.6. The van der Waals surface area contributed by atoms with Crippen LogP contribution < -0.4 is 0 Å². The molecule has 0 atom stereocenters. The van der Waals surface area contributed by atoms with Gasteiger partial charge in [-0.2, -0.15) is 0 Å². The highest BCUT2D eigenvalue weighted by Crippen LogP contribution is 2.14. The molecule has 0 aromatic heterocycles. The number of carbonyl (C=O) groups is 1. The first-order chi connectivity index (χ1) is 11.2. The third-order valence-corrected chi connectivity index (χ3v) is 4.42. The molecule has 0 fully saturated rings. The minimum Gasteiger partial charge on any atom is -0.512 e. The zero-order valence-electron chi connectivity index (χ0n) is 15.2. The van der Waals surface area contributed by atoms with E-state index in [1.165, 1.54) is 77.0 Å². The first kappa shape index (κ1) is 22.0. The summed E-state index contributed by atoms with van der Waals surface area (Å²) in [5.41, 5.74) is 0. The van der Waals surface area contributed by atoms with Crippen molar-refractivity contribution in [3.8, 4) is 0 Å². The number of aliphatic hydroxyl groups excluding tert-OH is 2. The predicted molar refractivity (Wildman–Crippen MR) is 97.9 cm³/mol. The third-order valence-electron chi connectivity index (χ3n) is 4.42. The van der Waals surface area contributed by atoms with Crippen molar-refractivity contribution in [2.75, 3.05) is 0 Å². The molecule has 3 nitrogen and oxygen atoms in total. The van der Waals surface area contributed by atoms with E-state index in [0.717, 1.165) is 19.3 Å². The Morgan fingerprint density at radius 3 is 1.39 bits per heavy atom. The van der Waals surface area contributed by atoms with E-state index in [0.29, 0.717) is 12.7 Å². The van der Waals surface area contributed by atoms with E-state index in [2.05, 4.69) is 6.92 Å². The molecule has 0 radical (unpaired) electrons. The topological polar surface area (TPSA) is 57.5 Å². The van der Waals surface area contributed by atoms with Crippen LogP contribution in [0, 0.1) is 0 Å². The molecule has 2 N–H and O–H groups in total. The van der Waals surface area contributed by atoms with Crippen LogP contribution >= 0.6 is 0 Å². The number of hydrogen-bond acceptors (Lipinski definition) is 3. The molecule has 0 bridgehead atoms. The summed E-state index contributed by atoms with van der Waals surface area (Å²) >= 11 is 0. The smallest absolute Gasteiger partial charge is 0.200 e. The van der Waals surface area contributed by atoms with Gasteiger partial charge in [-0.3, -0.25) is 4.79 Å². The zero-order chi connectivity index (χ0) is 17.2. The molecule has 3 heteroatoms. The Labute approximate surface area is 143 Å². The van der Waals surface area contributed by atoms with Gasteiger partial charge in [-0.1, -0.05) is 96.8 Å². The Morgan fingerprint density at radius 1 is 0.696 bits per heavy atom. The highest BCUT2D eigenvalue weighted by molar-refractivity contribution is 5.92. The molecule has 0 aromatic rings. The van der Waals surface area contributed by atoms with Crippen LogP contribution in [0.2, 0.25) is 0 Å². The van der Waals surface area contributed by atoms with Gasteiger partial charge in [-0.05, 0) is 6.42 Å². The average molecular weight is 327 g/mol. The van der Waals surface area contributed by atoms with Crippen LogP contribution in [0.4, 0.5) is 0 Å². The first-order valence-electron chi connectivity index (χ1n) is 9.79. The monoisotopic (exact) mass is 326 g/mol. The number of aliphatic hydroxyl groups is 2. The standard InChI is InChI=1S/C20H38O3/c1-2-3-4-5-6-7-8-9-10-11-12-13-14-15-16-17-19(22)20(23)18-21/h18,21,23H,2-17H2,1H3/b20-18-. The lowest BCUT2D eigenvalue weighted by atomic mass is 10.0. The lowest BCUT2D eigenvalue weighted by Crippen LogP contribution is -2.01. The van der Waals surface area contributed by atoms with Crippen LogP contribution in [0.15, 0.2) is 12.0 Å². The molecule has 136 valence electrons. The summed E-state index contributed by atoms with van der Waals surface area (Å²) in [6.07, 6.45) is 20.2. The van der Waals surface area contributed by atoms with Crippen LogP contribution in [0.1, 0.15) is 110 Å². The third kappa shape index (κ3) is 15.7. The molecule has 0 aromatic carbocycles. The van der Waals surface area contributed by atoms with Gasteiger partial charge in [0.2, 0.25) is 0 Å². The van der Waals surface area contributed by atoms with Gasteiger partial charge in [0.1, 0.15) is 6.26 Å². The number of hydrogen-bond donors (Lipinski definition) is 2. The second-order valence-corrected chi connectivity index (χ2v) is 6.64. The van der Waals surface area contributed by atoms with Gasteiger partial charge in [-0.25, -0.2) is 0 Å². The van der Waals surface area contributed by atoms with Crippen molar-refractivity contribution in [3.63, 3.8) is 0 Å². The average Bonchev–Trinajstić information content (AvgIpc) is 2.57. The summed E-state index contributed by atoms with van der Waals surface area (Å²) in [6.45, 7) is 2.26. The van der Waals surface area contributed by atoms with Crippen molar-refractivity contribution in [2.45, 2.75) is 110 Å². The Bertz CT molecular complexity index is 297. The second-order valence-electron chi connectivity index (χ2n) is 6.64. The van der Waals surface area contributed by atoms with Crippen LogP contribution in [0.5, 0.6) is 0 Å². The van der Waals surface area contributed by atoms with Crippen molar-refractivity contribution < 1.29 is 15.0 Å². The fourth-order valence-corrected chi connectivity index (χ4v) is 2.86. The van der Waals surface area contributed by atoms with Gasteiger partial charge in [-0.15, -0.1) is 0 Å². The van der Waals surface area contributed by atoms with Crippen molar-refractivity contribution in [1.82, 2.24) is 0 Å². The second kappa shape index (κ2) is 17.4. The molecule has 0 aliphatic heterocycles. The molecule has 0 saturated carbocycles. The largest absolute Gasteiger partial charge is 0.512 e. The van der Waals surface area contributed by atoms with Crippen LogP contribution in [0.3, 0.4) is 0 Å². The minimum atomic E-state index is -0.518. The molecule has 0 rings (SSSR count). The fraction of sp³-hybridized carbons (Fsp3) is 0.850. The molecular weight excluding hydrogens is 288 g/mol. The maximum Gasteiger partial charge on any atom is 0.200 e. The highest BCUT2D eigenvalue weighted by atomic mass is 16.3. The van der Waals surface area contributed by atoms with E-state index < -0.39 is 5.76 Å². The summed E-state index contributed by atoms with van der Waals surface area (Å²) in [7, 11) is 0. The lowest BCUT2D eigenvalue weighted by Gasteiger charge is -2.03. The Hall–Kier alpha value is -0.990. The summed E-state index contributed by atoms with van der Waals surface area (Å²) in [4.78, 5) is 11.2.